The van der Waals surface area contributed by atoms with Crippen LogP contribution in [0, 0.1) is 16.2 Å². The van der Waals surface area contributed by atoms with Crippen molar-refractivity contribution in [2.24, 2.45) is 16.2 Å². The third-order valence-electron chi connectivity index (χ3n) is 2.25. The lowest BCUT2D eigenvalue weighted by Crippen LogP contribution is -2.25. The summed E-state index contributed by atoms with van der Waals surface area (Å²) in [6.45, 7) is 30.9. The molecule has 0 aliphatic heterocycles. The van der Waals surface area contributed by atoms with E-state index in [1.54, 1.807) is 0 Å². The monoisotopic (exact) mass is 290 g/mol. The van der Waals surface area contributed by atoms with Gasteiger partial charge in [-0.1, -0.05) is 117 Å². The maximum Gasteiger partial charge on any atom is -0.0334 e. The maximum absolute atomic E-state index is 2.27. The van der Waals surface area contributed by atoms with Crippen molar-refractivity contribution in [1.82, 2.24) is 0 Å². The second kappa shape index (κ2) is 15.4. The highest BCUT2D eigenvalue weighted by Crippen LogP contribution is 2.36. The third-order valence-corrected chi connectivity index (χ3v) is 2.25. The summed E-state index contributed by atoms with van der Waals surface area (Å²) in [5.74, 6) is 0. The van der Waals surface area contributed by atoms with E-state index in [1.165, 1.54) is 12.8 Å². The van der Waals surface area contributed by atoms with Crippen LogP contribution in [0.5, 0.6) is 0 Å². The minimum Gasteiger partial charge on any atom is -0.0776 e. The van der Waals surface area contributed by atoms with Crippen LogP contribution in [0.15, 0.2) is 0 Å². The van der Waals surface area contributed by atoms with Crippen LogP contribution in [0.2, 0.25) is 0 Å². The van der Waals surface area contributed by atoms with Crippen LogP contribution in [0.1, 0.15) is 117 Å². The Kier molecular flexibility index (Phi) is 24.7. The molecule has 0 amide bonds. The van der Waals surface area contributed by atoms with Gasteiger partial charge < -0.3 is 0 Å². The van der Waals surface area contributed by atoms with E-state index >= 15 is 0 Å². The van der Waals surface area contributed by atoms with Gasteiger partial charge in [-0.3, -0.25) is 0 Å². The van der Waals surface area contributed by atoms with Crippen LogP contribution in [0.4, 0.5) is 0 Å². The first-order valence-corrected chi connectivity index (χ1v) is 8.08. The average molecular weight is 291 g/mol. The predicted molar refractivity (Wildman–Crippen MR) is 103 cm³/mol. The molecule has 0 aromatic carbocycles. The molecule has 0 spiro atoms. The van der Waals surface area contributed by atoms with Gasteiger partial charge in [-0.25, -0.2) is 0 Å². The van der Waals surface area contributed by atoms with Gasteiger partial charge >= 0.3 is 0 Å². The first-order valence-electron chi connectivity index (χ1n) is 8.08. The zero-order valence-electron chi connectivity index (χ0n) is 16.9. The first-order chi connectivity index (χ1) is 8.08. The molecule has 0 aromatic rings. The Hall–Kier alpha value is 0. The van der Waals surface area contributed by atoms with E-state index in [-0.39, 0.29) is 7.43 Å². The maximum atomic E-state index is 2.27. The van der Waals surface area contributed by atoms with Gasteiger partial charge in [-0.2, -0.15) is 0 Å². The Bertz CT molecular complexity index is 124. The number of hydrogen-bond acceptors (Lipinski definition) is 0. The highest BCUT2D eigenvalue weighted by atomic mass is 14.3. The second-order valence-corrected chi connectivity index (χ2v) is 8.91. The van der Waals surface area contributed by atoms with Gasteiger partial charge in [0.2, 0.25) is 0 Å². The Morgan fingerprint density at radius 1 is 0.450 bits per heavy atom. The molecule has 0 aromatic heterocycles. The van der Waals surface area contributed by atoms with Crippen LogP contribution in [0.25, 0.3) is 0 Å². The van der Waals surface area contributed by atoms with Gasteiger partial charge in [0.1, 0.15) is 0 Å². The first kappa shape index (κ1) is 32.1. The SMILES string of the molecule is C.CC(C)(C)C.CC(C)(C)C(C)(C)C.CCC.CCC. The molecule has 0 aliphatic rings. The van der Waals surface area contributed by atoms with E-state index in [2.05, 4.69) is 96.9 Å². The van der Waals surface area contributed by atoms with Gasteiger partial charge in [0.15, 0.2) is 0 Å². The summed E-state index contributed by atoms with van der Waals surface area (Å²) in [5, 5.41) is 0. The highest BCUT2D eigenvalue weighted by Gasteiger charge is 2.26. The average Bonchev–Trinajstić information content (AvgIpc) is 1.98. The predicted octanol–water partition coefficient (Wildman–Crippen LogP) is 8.60. The molecular formula is C20H50. The Balaban J connectivity index is -0.0000000543. The molecule has 0 radical (unpaired) electrons. The van der Waals surface area contributed by atoms with Crippen molar-refractivity contribution < 1.29 is 0 Å². The fourth-order valence-corrected chi connectivity index (χ4v) is 0. The fourth-order valence-electron chi connectivity index (χ4n) is 0. The third kappa shape index (κ3) is 64.2. The minimum absolute atomic E-state index is 0. The normalized spacial score (nSPS) is 10.5. The summed E-state index contributed by atoms with van der Waals surface area (Å²) in [4.78, 5) is 0. The van der Waals surface area contributed by atoms with E-state index in [0.29, 0.717) is 16.2 Å². The molecule has 0 rings (SSSR count). The van der Waals surface area contributed by atoms with Crippen LogP contribution in [-0.2, 0) is 0 Å². The molecule has 0 heteroatoms. The van der Waals surface area contributed by atoms with E-state index in [0.717, 1.165) is 0 Å². The standard InChI is InChI=1S/C8H18.C5H12.2C3H8.CH4/c1-7(2,3)8(4,5)6;1-5(2,3)4;2*1-3-2;/h1-6H3;1-4H3;2*3H2,1-2H3;1H4. The zero-order valence-corrected chi connectivity index (χ0v) is 16.9. The summed E-state index contributed by atoms with van der Waals surface area (Å²) in [6.07, 6.45) is 2.50. The quantitative estimate of drug-likeness (QED) is 0.419. The van der Waals surface area contributed by atoms with Crippen LogP contribution >= 0.6 is 0 Å². The molecular weight excluding hydrogens is 240 g/mol. The summed E-state index contributed by atoms with van der Waals surface area (Å²) in [7, 11) is 0. The van der Waals surface area contributed by atoms with Gasteiger partial charge in [0, 0.05) is 0 Å². The lowest BCUT2D eigenvalue weighted by molar-refractivity contribution is 0.157. The lowest BCUT2D eigenvalue weighted by Gasteiger charge is -2.34. The van der Waals surface area contributed by atoms with Crippen molar-refractivity contribution in [3.8, 4) is 0 Å². The van der Waals surface area contributed by atoms with Crippen molar-refractivity contribution in [2.45, 2.75) is 117 Å². The van der Waals surface area contributed by atoms with E-state index in [1.807, 2.05) is 0 Å². The van der Waals surface area contributed by atoms with Crippen molar-refractivity contribution in [3.63, 3.8) is 0 Å². The molecule has 0 atom stereocenters. The molecule has 0 saturated carbocycles. The van der Waals surface area contributed by atoms with Crippen molar-refractivity contribution in [3.05, 3.63) is 0 Å². The van der Waals surface area contributed by atoms with E-state index in [4.69, 9.17) is 0 Å². The smallest absolute Gasteiger partial charge is 0.0334 e. The van der Waals surface area contributed by atoms with Gasteiger partial charge in [-0.15, -0.1) is 0 Å². The van der Waals surface area contributed by atoms with Crippen LogP contribution < -0.4 is 0 Å². The molecule has 20 heavy (non-hydrogen) atoms. The molecule has 0 unspecified atom stereocenters. The summed E-state index contributed by atoms with van der Waals surface area (Å²) in [5.41, 5.74) is 1.38. The molecule has 0 fully saturated rings. The van der Waals surface area contributed by atoms with Crippen LogP contribution in [-0.4, -0.2) is 0 Å². The number of hydrogen-bond donors (Lipinski definition) is 0. The van der Waals surface area contributed by atoms with E-state index in [9.17, 15) is 0 Å². The van der Waals surface area contributed by atoms with Crippen LogP contribution in [0.3, 0.4) is 0 Å². The molecule has 0 nitrogen and oxygen atoms in total. The lowest BCUT2D eigenvalue weighted by atomic mass is 9.71. The molecule has 130 valence electrons. The van der Waals surface area contributed by atoms with Crippen molar-refractivity contribution in [2.75, 3.05) is 0 Å². The van der Waals surface area contributed by atoms with Gasteiger partial charge in [0.05, 0.1) is 0 Å². The zero-order chi connectivity index (χ0) is 16.9. The van der Waals surface area contributed by atoms with Crippen molar-refractivity contribution in [1.29, 1.82) is 0 Å². The van der Waals surface area contributed by atoms with Crippen molar-refractivity contribution >= 4 is 0 Å². The topological polar surface area (TPSA) is 0 Å². The summed E-state index contributed by atoms with van der Waals surface area (Å²) >= 11 is 0. The minimum atomic E-state index is 0. The summed E-state index contributed by atoms with van der Waals surface area (Å²) < 4.78 is 0. The molecule has 0 heterocycles. The summed E-state index contributed by atoms with van der Waals surface area (Å²) in [6, 6.07) is 0. The molecule has 0 N–H and O–H groups in total. The van der Waals surface area contributed by atoms with Gasteiger partial charge in [-0.05, 0) is 16.2 Å². The molecule has 0 aliphatic carbocycles. The highest BCUT2D eigenvalue weighted by molar-refractivity contribution is 4.77. The second-order valence-electron chi connectivity index (χ2n) is 8.91. The Morgan fingerprint density at radius 2 is 0.500 bits per heavy atom. The Morgan fingerprint density at radius 3 is 0.500 bits per heavy atom. The molecule has 0 saturated heterocycles. The molecule has 0 bridgehead atoms. The van der Waals surface area contributed by atoms with E-state index < -0.39 is 0 Å². The van der Waals surface area contributed by atoms with Gasteiger partial charge in [0.25, 0.3) is 0 Å². The Labute approximate surface area is 134 Å². The largest absolute Gasteiger partial charge is 0.0776 e. The fraction of sp³-hybridized carbons (Fsp3) is 1.00. The number of rotatable bonds is 0.